The van der Waals surface area contributed by atoms with Crippen molar-refractivity contribution >= 4 is 17.9 Å². The first-order valence-electron chi connectivity index (χ1n) is 32.1. The van der Waals surface area contributed by atoms with E-state index >= 15 is 0 Å². The maximum absolute atomic E-state index is 12.9. The van der Waals surface area contributed by atoms with Crippen molar-refractivity contribution in [2.24, 2.45) is 0 Å². The molecule has 0 aliphatic rings. The van der Waals surface area contributed by atoms with Crippen molar-refractivity contribution in [3.05, 3.63) is 170 Å². The quantitative estimate of drug-likeness (QED) is 0.0261. The van der Waals surface area contributed by atoms with E-state index in [4.69, 9.17) is 14.2 Å². The highest BCUT2D eigenvalue weighted by Crippen LogP contribution is 2.13. The summed E-state index contributed by atoms with van der Waals surface area (Å²) in [5, 5.41) is 0. The fraction of sp³-hybridized carbons (Fsp3) is 0.581. The minimum atomic E-state index is -0.820. The zero-order valence-electron chi connectivity index (χ0n) is 51.3. The van der Waals surface area contributed by atoms with E-state index in [-0.39, 0.29) is 37.5 Å². The van der Waals surface area contributed by atoms with Crippen molar-refractivity contribution in [3.8, 4) is 0 Å². The number of esters is 3. The molecule has 0 saturated carbocycles. The van der Waals surface area contributed by atoms with Gasteiger partial charge in [-0.1, -0.05) is 255 Å². The lowest BCUT2D eigenvalue weighted by atomic mass is 10.1. The maximum atomic E-state index is 12.9. The molecule has 0 saturated heterocycles. The molecular formula is C74H116O6. The molecule has 448 valence electrons. The summed E-state index contributed by atoms with van der Waals surface area (Å²) in [6, 6.07) is 0. The Balaban J connectivity index is 4.54. The van der Waals surface area contributed by atoms with Crippen LogP contribution in [0.2, 0.25) is 0 Å². The van der Waals surface area contributed by atoms with Gasteiger partial charge in [0.15, 0.2) is 6.10 Å². The van der Waals surface area contributed by atoms with Gasteiger partial charge in [-0.3, -0.25) is 14.4 Å². The Morgan fingerprint density at radius 2 is 0.487 bits per heavy atom. The molecule has 1 atom stereocenters. The fourth-order valence-corrected chi connectivity index (χ4v) is 8.18. The second-order valence-electron chi connectivity index (χ2n) is 20.5. The minimum Gasteiger partial charge on any atom is -0.462 e. The molecule has 1 unspecified atom stereocenters. The second-order valence-corrected chi connectivity index (χ2v) is 20.5. The van der Waals surface area contributed by atoms with Gasteiger partial charge in [0.25, 0.3) is 0 Å². The van der Waals surface area contributed by atoms with Crippen LogP contribution < -0.4 is 0 Å². The Morgan fingerprint density at radius 3 is 0.775 bits per heavy atom. The molecule has 0 amide bonds. The molecule has 0 aliphatic carbocycles. The molecule has 0 aromatic rings. The lowest BCUT2D eigenvalue weighted by molar-refractivity contribution is -0.167. The van der Waals surface area contributed by atoms with Gasteiger partial charge in [-0.05, 0) is 154 Å². The van der Waals surface area contributed by atoms with Crippen LogP contribution in [0.5, 0.6) is 0 Å². The molecule has 6 nitrogen and oxygen atoms in total. The van der Waals surface area contributed by atoms with E-state index in [1.807, 2.05) is 0 Å². The SMILES string of the molecule is CC/C=C\C/C=C\C/C=C\C/C=C\C/C=C\C/C=C\C/C=C\CCCCCC(=O)OCC(COC(=O)CCCCCCC/C=C\C/C=C\CCCCCC)OC(=O)CCCCCCC/C=C\C/C=C\C/C=C\C/C=C\C/C=C\CC. The average Bonchev–Trinajstić information content (AvgIpc) is 3.46. The molecule has 0 fully saturated rings. The molecule has 0 heterocycles. The van der Waals surface area contributed by atoms with Crippen LogP contribution in [-0.2, 0) is 28.6 Å². The van der Waals surface area contributed by atoms with Gasteiger partial charge in [-0.15, -0.1) is 0 Å². The van der Waals surface area contributed by atoms with Crippen LogP contribution in [0.15, 0.2) is 170 Å². The number of carbonyl (C=O) groups is 3. The average molecular weight is 1100 g/mol. The summed E-state index contributed by atoms with van der Waals surface area (Å²) in [5.41, 5.74) is 0. The first kappa shape index (κ1) is 74.8. The molecule has 0 aromatic carbocycles. The Labute approximate surface area is 492 Å². The van der Waals surface area contributed by atoms with Crippen LogP contribution in [0, 0.1) is 0 Å². The molecule has 0 radical (unpaired) electrons. The van der Waals surface area contributed by atoms with E-state index in [9.17, 15) is 14.4 Å². The highest BCUT2D eigenvalue weighted by Gasteiger charge is 2.19. The highest BCUT2D eigenvalue weighted by molar-refractivity contribution is 5.71. The van der Waals surface area contributed by atoms with Crippen LogP contribution in [0.4, 0.5) is 0 Å². The first-order chi connectivity index (χ1) is 39.5. The first-order valence-corrected chi connectivity index (χ1v) is 32.1. The zero-order valence-corrected chi connectivity index (χ0v) is 51.3. The standard InChI is InChI=1S/C74H116O6/c1-4-7-10-13-16-19-22-25-28-31-33-35-36-37-38-40-41-43-46-49-52-55-58-61-64-67-73(76)79-70-71(69-78-72(75)66-63-60-57-54-51-48-45-30-27-24-21-18-15-12-9-6-3)80-74(77)68-65-62-59-56-53-50-47-44-42-39-34-32-29-26-23-20-17-14-11-8-5-2/h7-8,10-11,16-17,19-21,24-26,28-30,33-35,37-39,41,43-45,47,49,52,71H,4-6,9,12-15,18,22-23,27,31-32,36,40,42,46,48,50-51,53-70H2,1-3H3/b10-7-,11-8-,19-16-,20-17-,24-21-,28-25-,29-26-,35-33-,38-37-,39-34-,43-41-,45-30-,47-44-,52-49-. The summed E-state index contributed by atoms with van der Waals surface area (Å²) >= 11 is 0. The van der Waals surface area contributed by atoms with Gasteiger partial charge in [-0.2, -0.15) is 0 Å². The summed E-state index contributed by atoms with van der Waals surface area (Å²) < 4.78 is 16.9. The molecule has 0 aliphatic heterocycles. The third-order valence-corrected chi connectivity index (χ3v) is 12.9. The van der Waals surface area contributed by atoms with Gasteiger partial charge < -0.3 is 14.2 Å². The van der Waals surface area contributed by atoms with E-state index in [1.54, 1.807) is 0 Å². The van der Waals surface area contributed by atoms with Gasteiger partial charge >= 0.3 is 17.9 Å². The van der Waals surface area contributed by atoms with E-state index in [2.05, 4.69) is 191 Å². The number of unbranched alkanes of at least 4 members (excludes halogenated alkanes) is 17. The van der Waals surface area contributed by atoms with Crippen LogP contribution in [0.1, 0.15) is 258 Å². The van der Waals surface area contributed by atoms with E-state index in [0.717, 1.165) is 186 Å². The molecule has 0 rings (SSSR count). The van der Waals surface area contributed by atoms with Gasteiger partial charge in [0.2, 0.25) is 0 Å². The summed E-state index contributed by atoms with van der Waals surface area (Å²) in [4.78, 5) is 38.4. The molecular weight excluding hydrogens is 985 g/mol. The number of ether oxygens (including phenoxy) is 3. The summed E-state index contributed by atoms with van der Waals surface area (Å²) in [6.07, 6.45) is 97.7. The summed E-state index contributed by atoms with van der Waals surface area (Å²) in [7, 11) is 0. The molecule has 0 bridgehead atoms. The van der Waals surface area contributed by atoms with Crippen LogP contribution in [0.25, 0.3) is 0 Å². The number of hydrogen-bond acceptors (Lipinski definition) is 6. The number of allylic oxidation sites excluding steroid dienone is 28. The Kier molecular flexibility index (Phi) is 61.9. The fourth-order valence-electron chi connectivity index (χ4n) is 8.18. The van der Waals surface area contributed by atoms with Crippen molar-refractivity contribution in [2.75, 3.05) is 13.2 Å². The largest absolute Gasteiger partial charge is 0.462 e. The molecule has 80 heavy (non-hydrogen) atoms. The Bertz CT molecular complexity index is 1840. The third kappa shape index (κ3) is 63.6. The highest BCUT2D eigenvalue weighted by atomic mass is 16.6. The lowest BCUT2D eigenvalue weighted by Crippen LogP contribution is -2.30. The normalized spacial score (nSPS) is 13.3. The summed E-state index contributed by atoms with van der Waals surface area (Å²) in [5.74, 6) is -0.982. The van der Waals surface area contributed by atoms with Crippen molar-refractivity contribution in [3.63, 3.8) is 0 Å². The van der Waals surface area contributed by atoms with Crippen molar-refractivity contribution in [1.29, 1.82) is 0 Å². The lowest BCUT2D eigenvalue weighted by Gasteiger charge is -2.18. The summed E-state index contributed by atoms with van der Waals surface area (Å²) in [6.45, 7) is 6.33. The number of rotatable bonds is 56. The topological polar surface area (TPSA) is 78.9 Å². The van der Waals surface area contributed by atoms with Crippen molar-refractivity contribution < 1.29 is 28.6 Å². The second kappa shape index (κ2) is 66.3. The monoisotopic (exact) mass is 1100 g/mol. The third-order valence-electron chi connectivity index (χ3n) is 12.9. The van der Waals surface area contributed by atoms with Crippen molar-refractivity contribution in [1.82, 2.24) is 0 Å². The van der Waals surface area contributed by atoms with Crippen LogP contribution in [0.3, 0.4) is 0 Å². The van der Waals surface area contributed by atoms with E-state index < -0.39 is 6.10 Å². The van der Waals surface area contributed by atoms with Gasteiger partial charge in [0.1, 0.15) is 13.2 Å². The van der Waals surface area contributed by atoms with Gasteiger partial charge in [0, 0.05) is 19.3 Å². The molecule has 0 N–H and O–H groups in total. The van der Waals surface area contributed by atoms with Crippen LogP contribution >= 0.6 is 0 Å². The van der Waals surface area contributed by atoms with E-state index in [1.165, 1.54) is 32.1 Å². The Morgan fingerprint density at radius 1 is 0.263 bits per heavy atom. The van der Waals surface area contributed by atoms with Gasteiger partial charge in [0.05, 0.1) is 0 Å². The van der Waals surface area contributed by atoms with Crippen molar-refractivity contribution in [2.45, 2.75) is 264 Å². The number of hydrogen-bond donors (Lipinski definition) is 0. The van der Waals surface area contributed by atoms with E-state index in [0.29, 0.717) is 12.8 Å². The Hall–Kier alpha value is -5.23. The van der Waals surface area contributed by atoms with Crippen LogP contribution in [-0.4, -0.2) is 37.2 Å². The minimum absolute atomic E-state index is 0.112. The van der Waals surface area contributed by atoms with Gasteiger partial charge in [-0.25, -0.2) is 0 Å². The zero-order chi connectivity index (χ0) is 57.8. The molecule has 0 aromatic heterocycles. The maximum Gasteiger partial charge on any atom is 0.306 e. The predicted octanol–water partition coefficient (Wildman–Crippen LogP) is 22.3. The smallest absolute Gasteiger partial charge is 0.306 e. The number of carbonyl (C=O) groups excluding carboxylic acids is 3. The molecule has 0 spiro atoms. The molecule has 6 heteroatoms. The predicted molar refractivity (Wildman–Crippen MR) is 348 cm³/mol.